The Hall–Kier alpha value is -3.62. The molecule has 0 radical (unpaired) electrons. The van der Waals surface area contributed by atoms with Crippen LogP contribution in [0.2, 0.25) is 5.02 Å². The number of carbonyl (C=O) groups excluding carboxylic acids is 2. The average molecular weight is 549 g/mol. The van der Waals surface area contributed by atoms with Crippen LogP contribution in [-0.2, 0) is 29.0 Å². The quantitative estimate of drug-likeness (QED) is 0.264. The van der Waals surface area contributed by atoms with Crippen LogP contribution in [0.25, 0.3) is 10.9 Å². The number of likely N-dealkylation sites (tertiary alicyclic amines) is 1. The number of hydrogen-bond donors (Lipinski definition) is 1. The summed E-state index contributed by atoms with van der Waals surface area (Å²) in [5.41, 5.74) is 3.70. The molecule has 9 heteroatoms. The molecule has 204 valence electrons. The van der Waals surface area contributed by atoms with Gasteiger partial charge in [0.15, 0.2) is 5.69 Å². The number of rotatable bonds is 10. The number of H-pyrrole nitrogens is 1. The van der Waals surface area contributed by atoms with Gasteiger partial charge >= 0.3 is 5.97 Å². The van der Waals surface area contributed by atoms with Gasteiger partial charge in [0, 0.05) is 48.3 Å². The smallest absolute Gasteiger partial charge is 0.310 e. The van der Waals surface area contributed by atoms with Crippen LogP contribution in [-0.4, -0.2) is 57.9 Å². The van der Waals surface area contributed by atoms with Crippen molar-refractivity contribution in [2.75, 3.05) is 26.2 Å². The van der Waals surface area contributed by atoms with Gasteiger partial charge in [0.2, 0.25) is 5.89 Å². The molecule has 2 aromatic carbocycles. The van der Waals surface area contributed by atoms with Crippen molar-refractivity contribution in [3.63, 3.8) is 0 Å². The Morgan fingerprint density at radius 1 is 1.21 bits per heavy atom. The number of ether oxygens (including phenoxy) is 1. The molecule has 8 nitrogen and oxygen atoms in total. The van der Waals surface area contributed by atoms with Crippen molar-refractivity contribution >= 4 is 34.4 Å². The molecule has 3 heterocycles. The number of piperidine rings is 1. The third kappa shape index (κ3) is 6.69. The van der Waals surface area contributed by atoms with Crippen molar-refractivity contribution < 1.29 is 18.7 Å². The monoisotopic (exact) mass is 548 g/mol. The fourth-order valence-corrected chi connectivity index (χ4v) is 5.39. The van der Waals surface area contributed by atoms with E-state index in [1.165, 1.54) is 17.2 Å². The number of hydrogen-bond acceptors (Lipinski definition) is 6. The number of benzene rings is 2. The number of para-hydroxylation sites is 1. The molecule has 0 spiro atoms. The van der Waals surface area contributed by atoms with Crippen LogP contribution >= 0.6 is 11.6 Å². The summed E-state index contributed by atoms with van der Waals surface area (Å²) in [6, 6.07) is 16.1. The highest BCUT2D eigenvalue weighted by Crippen LogP contribution is 2.22. The van der Waals surface area contributed by atoms with Crippen molar-refractivity contribution in [2.45, 2.75) is 39.3 Å². The molecule has 0 saturated carbocycles. The van der Waals surface area contributed by atoms with Gasteiger partial charge in [-0.05, 0) is 55.5 Å². The van der Waals surface area contributed by atoms with E-state index in [0.717, 1.165) is 36.9 Å². The lowest BCUT2D eigenvalue weighted by molar-refractivity contribution is -0.149. The largest absolute Gasteiger partial charge is 0.466 e. The lowest BCUT2D eigenvalue weighted by Crippen LogP contribution is -2.43. The highest BCUT2D eigenvalue weighted by molar-refractivity contribution is 6.30. The van der Waals surface area contributed by atoms with Gasteiger partial charge in [0.05, 0.1) is 19.1 Å². The zero-order chi connectivity index (χ0) is 27.2. The van der Waals surface area contributed by atoms with Crippen molar-refractivity contribution in [2.24, 2.45) is 5.92 Å². The van der Waals surface area contributed by atoms with Crippen LogP contribution in [0.5, 0.6) is 0 Å². The molecule has 0 aliphatic carbocycles. The van der Waals surface area contributed by atoms with E-state index in [2.05, 4.69) is 33.2 Å². The van der Waals surface area contributed by atoms with Gasteiger partial charge in [0.25, 0.3) is 5.91 Å². The normalized spacial score (nSPS) is 15.7. The molecule has 1 atom stereocenters. The standard InChI is InChI=1S/C30H33ClN4O4/c1-2-38-30(37)23-8-6-13-35(18-23)29(36)27-20-39-28(33-27)19-34(17-21-7-5-9-24(31)15-21)14-12-22-16-32-26-11-4-3-10-25(22)26/h3-5,7,9-11,15-16,20,23,32H,2,6,8,12-14,17-19H2,1H3/t23-/m0/s1. The van der Waals surface area contributed by atoms with E-state index in [1.54, 1.807) is 11.8 Å². The number of fused-ring (bicyclic) bond motifs is 1. The number of oxazole rings is 1. The maximum Gasteiger partial charge on any atom is 0.310 e. The van der Waals surface area contributed by atoms with Gasteiger partial charge in [0.1, 0.15) is 6.26 Å². The summed E-state index contributed by atoms with van der Waals surface area (Å²) >= 11 is 6.25. The summed E-state index contributed by atoms with van der Waals surface area (Å²) in [4.78, 5) is 37.2. The Bertz CT molecular complexity index is 1430. The van der Waals surface area contributed by atoms with Gasteiger partial charge in [-0.1, -0.05) is 41.9 Å². The summed E-state index contributed by atoms with van der Waals surface area (Å²) in [6.07, 6.45) is 5.79. The van der Waals surface area contributed by atoms with Crippen molar-refractivity contribution in [1.82, 2.24) is 19.8 Å². The molecule has 2 aromatic heterocycles. The van der Waals surface area contributed by atoms with E-state index >= 15 is 0 Å². The highest BCUT2D eigenvalue weighted by Gasteiger charge is 2.31. The second kappa shape index (κ2) is 12.5. The lowest BCUT2D eigenvalue weighted by Gasteiger charge is -2.30. The fraction of sp³-hybridized carbons (Fsp3) is 0.367. The minimum Gasteiger partial charge on any atom is -0.466 e. The third-order valence-corrected chi connectivity index (χ3v) is 7.36. The molecule has 1 aliphatic heterocycles. The second-order valence-electron chi connectivity index (χ2n) is 9.92. The molecule has 5 rings (SSSR count). The van der Waals surface area contributed by atoms with E-state index in [9.17, 15) is 9.59 Å². The molecule has 1 saturated heterocycles. The number of nitrogens with one attached hydrogen (secondary N) is 1. The third-order valence-electron chi connectivity index (χ3n) is 7.13. The second-order valence-corrected chi connectivity index (χ2v) is 10.4. The molecule has 0 unspecified atom stereocenters. The van der Waals surface area contributed by atoms with Gasteiger partial charge in [-0.2, -0.15) is 0 Å². The summed E-state index contributed by atoms with van der Waals surface area (Å²) in [6.45, 7) is 4.90. The molecule has 1 aliphatic rings. The van der Waals surface area contributed by atoms with Crippen molar-refractivity contribution in [3.05, 3.63) is 88.7 Å². The average Bonchev–Trinajstić information content (AvgIpc) is 3.59. The first-order valence-electron chi connectivity index (χ1n) is 13.4. The maximum absolute atomic E-state index is 13.2. The Kier molecular flexibility index (Phi) is 8.64. The fourth-order valence-electron chi connectivity index (χ4n) is 5.17. The summed E-state index contributed by atoms with van der Waals surface area (Å²) < 4.78 is 10.9. The van der Waals surface area contributed by atoms with E-state index in [1.807, 2.05) is 36.4 Å². The Labute approximate surface area is 232 Å². The van der Waals surface area contributed by atoms with E-state index in [0.29, 0.717) is 43.7 Å². The lowest BCUT2D eigenvalue weighted by atomic mass is 9.98. The number of nitrogens with zero attached hydrogens (tertiary/aromatic N) is 3. The maximum atomic E-state index is 13.2. The first-order chi connectivity index (χ1) is 19.0. The van der Waals surface area contributed by atoms with Gasteiger partial charge in [-0.3, -0.25) is 14.5 Å². The van der Waals surface area contributed by atoms with Crippen LogP contribution in [0, 0.1) is 5.92 Å². The number of aromatic amines is 1. The van der Waals surface area contributed by atoms with Crippen LogP contribution in [0.15, 0.2) is 65.4 Å². The zero-order valence-corrected chi connectivity index (χ0v) is 22.8. The number of amides is 1. The molecule has 1 amide bonds. The molecular weight excluding hydrogens is 516 g/mol. The van der Waals surface area contributed by atoms with Crippen LogP contribution in [0.4, 0.5) is 0 Å². The molecule has 1 N–H and O–H groups in total. The Balaban J connectivity index is 1.28. The number of carbonyl (C=O) groups is 2. The summed E-state index contributed by atoms with van der Waals surface area (Å²) in [5.74, 6) is -0.299. The first kappa shape index (κ1) is 27.0. The molecular formula is C30H33ClN4O4. The number of halogens is 1. The van der Waals surface area contributed by atoms with Crippen molar-refractivity contribution in [1.29, 1.82) is 0 Å². The van der Waals surface area contributed by atoms with E-state index in [-0.39, 0.29) is 23.5 Å². The number of aromatic nitrogens is 2. The summed E-state index contributed by atoms with van der Waals surface area (Å²) in [7, 11) is 0. The van der Waals surface area contributed by atoms with Crippen LogP contribution in [0.3, 0.4) is 0 Å². The Morgan fingerprint density at radius 3 is 2.92 bits per heavy atom. The van der Waals surface area contributed by atoms with Gasteiger partial charge in [-0.15, -0.1) is 0 Å². The van der Waals surface area contributed by atoms with E-state index in [4.69, 9.17) is 20.8 Å². The molecule has 0 bridgehead atoms. The van der Waals surface area contributed by atoms with Crippen molar-refractivity contribution in [3.8, 4) is 0 Å². The Morgan fingerprint density at radius 2 is 2.08 bits per heavy atom. The van der Waals surface area contributed by atoms with E-state index < -0.39 is 0 Å². The van der Waals surface area contributed by atoms with Crippen LogP contribution < -0.4 is 0 Å². The predicted molar refractivity (Wildman–Crippen MR) is 149 cm³/mol. The first-order valence-corrected chi connectivity index (χ1v) is 13.8. The predicted octanol–water partition coefficient (Wildman–Crippen LogP) is 5.47. The van der Waals surface area contributed by atoms with Gasteiger partial charge < -0.3 is 19.0 Å². The molecule has 4 aromatic rings. The number of esters is 1. The van der Waals surface area contributed by atoms with Crippen LogP contribution in [0.1, 0.15) is 47.3 Å². The minimum absolute atomic E-state index is 0.223. The molecule has 39 heavy (non-hydrogen) atoms. The molecule has 1 fully saturated rings. The SMILES string of the molecule is CCOC(=O)[C@H]1CCCN(C(=O)c2coc(CN(CCc3c[nH]c4ccccc34)Cc3cccc(Cl)c3)n2)C1. The summed E-state index contributed by atoms with van der Waals surface area (Å²) in [5, 5.41) is 1.91. The minimum atomic E-state index is -0.299. The zero-order valence-electron chi connectivity index (χ0n) is 22.1. The van der Waals surface area contributed by atoms with Gasteiger partial charge in [-0.25, -0.2) is 4.98 Å². The topological polar surface area (TPSA) is 91.7 Å². The highest BCUT2D eigenvalue weighted by atomic mass is 35.5.